The lowest BCUT2D eigenvalue weighted by atomic mass is 10.0. The number of sulfone groups is 1. The summed E-state index contributed by atoms with van der Waals surface area (Å²) in [5.41, 5.74) is 3.44. The molecule has 0 radical (unpaired) electrons. The van der Waals surface area contributed by atoms with Gasteiger partial charge in [0.15, 0.2) is 9.84 Å². The molecule has 0 spiro atoms. The molecular formula is C14H19F2NO3S. The zero-order valence-corrected chi connectivity index (χ0v) is 13.2. The molecule has 1 aliphatic rings. The molecule has 1 saturated heterocycles. The van der Waals surface area contributed by atoms with E-state index in [0.29, 0.717) is 0 Å². The van der Waals surface area contributed by atoms with Gasteiger partial charge >= 0.3 is 0 Å². The van der Waals surface area contributed by atoms with Crippen LogP contribution in [0.4, 0.5) is 14.5 Å². The Balaban J connectivity index is 2.59. The molecule has 0 aromatic heterocycles. The minimum absolute atomic E-state index is 0.158. The lowest BCUT2D eigenvalue weighted by molar-refractivity contribution is -0.0635. The fraction of sp³-hybridized carbons (Fsp3) is 0.571. The molecule has 1 unspecified atom stereocenters. The summed E-state index contributed by atoms with van der Waals surface area (Å²) >= 11 is 0. The van der Waals surface area contributed by atoms with Gasteiger partial charge in [0, 0.05) is 5.69 Å². The molecule has 7 heteroatoms. The first-order valence-corrected chi connectivity index (χ1v) is 8.10. The van der Waals surface area contributed by atoms with E-state index < -0.39 is 42.8 Å². The molecule has 118 valence electrons. The van der Waals surface area contributed by atoms with Crippen LogP contribution in [-0.4, -0.2) is 24.9 Å². The third-order valence-electron chi connectivity index (χ3n) is 3.67. The van der Waals surface area contributed by atoms with Crippen LogP contribution in [-0.2, 0) is 14.6 Å². The summed E-state index contributed by atoms with van der Waals surface area (Å²) in [5.74, 6) is -2.35. The molecule has 1 heterocycles. The van der Waals surface area contributed by atoms with Crippen LogP contribution < -0.4 is 5.73 Å². The second-order valence-electron chi connectivity index (χ2n) is 6.52. The van der Waals surface area contributed by atoms with Crippen molar-refractivity contribution in [1.82, 2.24) is 0 Å². The van der Waals surface area contributed by atoms with Crippen LogP contribution in [0.5, 0.6) is 0 Å². The monoisotopic (exact) mass is 319 g/mol. The SMILES string of the molecule is CC1(C)CC(S(=O)(=O)c2c(F)cc(N)cc2F)C(C)(C)O1. The molecule has 1 aromatic carbocycles. The number of rotatable bonds is 2. The van der Waals surface area contributed by atoms with E-state index >= 15 is 0 Å². The van der Waals surface area contributed by atoms with Gasteiger partial charge in [0.1, 0.15) is 16.5 Å². The van der Waals surface area contributed by atoms with E-state index in [2.05, 4.69) is 0 Å². The largest absolute Gasteiger partial charge is 0.399 e. The maximum atomic E-state index is 14.0. The van der Waals surface area contributed by atoms with Crippen LogP contribution in [0.25, 0.3) is 0 Å². The lowest BCUT2D eigenvalue weighted by Crippen LogP contribution is -2.39. The molecule has 1 fully saturated rings. The average Bonchev–Trinajstić information content (AvgIpc) is 2.44. The number of nitrogens with two attached hydrogens (primary N) is 1. The van der Waals surface area contributed by atoms with Crippen LogP contribution >= 0.6 is 0 Å². The highest BCUT2D eigenvalue weighted by Crippen LogP contribution is 2.43. The Morgan fingerprint density at radius 1 is 1.19 bits per heavy atom. The molecule has 1 aromatic rings. The topological polar surface area (TPSA) is 69.4 Å². The third-order valence-corrected chi connectivity index (χ3v) is 6.11. The van der Waals surface area contributed by atoms with E-state index in [1.165, 1.54) is 0 Å². The van der Waals surface area contributed by atoms with Crippen LogP contribution in [0.3, 0.4) is 0 Å². The van der Waals surface area contributed by atoms with E-state index in [1.807, 2.05) is 0 Å². The normalized spacial score (nSPS) is 24.2. The molecule has 2 N–H and O–H groups in total. The van der Waals surface area contributed by atoms with E-state index in [4.69, 9.17) is 10.5 Å². The Labute approximate surface area is 123 Å². The summed E-state index contributed by atoms with van der Waals surface area (Å²) in [6.45, 7) is 6.72. The van der Waals surface area contributed by atoms with Crippen molar-refractivity contribution >= 4 is 15.5 Å². The Morgan fingerprint density at radius 2 is 1.67 bits per heavy atom. The van der Waals surface area contributed by atoms with Gasteiger partial charge in [-0.05, 0) is 46.2 Å². The first-order chi connectivity index (χ1) is 9.37. The Morgan fingerprint density at radius 3 is 2.05 bits per heavy atom. The summed E-state index contributed by atoms with van der Waals surface area (Å²) in [4.78, 5) is -0.934. The highest BCUT2D eigenvalue weighted by molar-refractivity contribution is 7.92. The third kappa shape index (κ3) is 2.76. The van der Waals surface area contributed by atoms with E-state index in [1.54, 1.807) is 27.7 Å². The van der Waals surface area contributed by atoms with Crippen LogP contribution in [0.15, 0.2) is 17.0 Å². The quantitative estimate of drug-likeness (QED) is 0.851. The van der Waals surface area contributed by atoms with Crippen molar-refractivity contribution in [3.8, 4) is 0 Å². The Hall–Kier alpha value is -1.21. The van der Waals surface area contributed by atoms with Crippen molar-refractivity contribution in [3.63, 3.8) is 0 Å². The van der Waals surface area contributed by atoms with Crippen LogP contribution in [0.2, 0.25) is 0 Å². The lowest BCUT2D eigenvalue weighted by Gasteiger charge is -2.27. The number of ether oxygens (including phenoxy) is 1. The molecule has 21 heavy (non-hydrogen) atoms. The number of hydrogen-bond donors (Lipinski definition) is 1. The van der Waals surface area contributed by atoms with Crippen molar-refractivity contribution in [2.45, 2.75) is 55.5 Å². The van der Waals surface area contributed by atoms with Gasteiger partial charge in [-0.25, -0.2) is 17.2 Å². The number of anilines is 1. The fourth-order valence-electron chi connectivity index (χ4n) is 2.99. The van der Waals surface area contributed by atoms with Gasteiger partial charge in [0.05, 0.1) is 16.5 Å². The standard InChI is InChI=1S/C14H19F2NO3S/c1-13(2)7-11(14(3,4)20-13)21(18,19)12-9(15)5-8(17)6-10(12)16/h5-6,11H,7,17H2,1-4H3. The summed E-state index contributed by atoms with van der Waals surface area (Å²) < 4.78 is 59.0. The van der Waals surface area contributed by atoms with E-state index in [0.717, 1.165) is 12.1 Å². The predicted octanol–water partition coefficient (Wildman–Crippen LogP) is 2.67. The van der Waals surface area contributed by atoms with Crippen molar-refractivity contribution in [1.29, 1.82) is 0 Å². The number of nitrogen functional groups attached to an aromatic ring is 1. The van der Waals surface area contributed by atoms with Crippen LogP contribution in [0, 0.1) is 11.6 Å². The average molecular weight is 319 g/mol. The number of hydrogen-bond acceptors (Lipinski definition) is 4. The maximum Gasteiger partial charge on any atom is 0.189 e. The Bertz CT molecular complexity index is 660. The van der Waals surface area contributed by atoms with Crippen molar-refractivity contribution in [2.75, 3.05) is 5.73 Å². The van der Waals surface area contributed by atoms with Crippen molar-refractivity contribution in [3.05, 3.63) is 23.8 Å². The molecule has 0 amide bonds. The number of halogens is 2. The van der Waals surface area contributed by atoms with E-state index in [9.17, 15) is 17.2 Å². The molecule has 1 atom stereocenters. The van der Waals surface area contributed by atoms with Crippen LogP contribution in [0.1, 0.15) is 34.1 Å². The van der Waals surface area contributed by atoms with Crippen molar-refractivity contribution < 1.29 is 21.9 Å². The smallest absolute Gasteiger partial charge is 0.189 e. The van der Waals surface area contributed by atoms with E-state index in [-0.39, 0.29) is 12.1 Å². The Kier molecular flexibility index (Phi) is 3.57. The van der Waals surface area contributed by atoms with Gasteiger partial charge in [-0.1, -0.05) is 0 Å². The number of benzene rings is 1. The highest BCUT2D eigenvalue weighted by atomic mass is 32.2. The fourth-order valence-corrected chi connectivity index (χ4v) is 5.35. The van der Waals surface area contributed by atoms with Gasteiger partial charge in [-0.2, -0.15) is 0 Å². The molecule has 0 bridgehead atoms. The predicted molar refractivity (Wildman–Crippen MR) is 75.6 cm³/mol. The van der Waals surface area contributed by atoms with Gasteiger partial charge in [0.25, 0.3) is 0 Å². The van der Waals surface area contributed by atoms with Gasteiger partial charge in [0.2, 0.25) is 0 Å². The van der Waals surface area contributed by atoms with Gasteiger partial charge in [-0.3, -0.25) is 0 Å². The second kappa shape index (κ2) is 4.64. The summed E-state index contributed by atoms with van der Waals surface area (Å²) in [7, 11) is -4.23. The highest BCUT2D eigenvalue weighted by Gasteiger charge is 2.53. The summed E-state index contributed by atoms with van der Waals surface area (Å²) in [5, 5.41) is -1.03. The molecule has 2 rings (SSSR count). The molecule has 1 aliphatic heterocycles. The molecule has 0 aliphatic carbocycles. The summed E-state index contributed by atoms with van der Waals surface area (Å²) in [6, 6.07) is 1.62. The maximum absolute atomic E-state index is 14.0. The second-order valence-corrected chi connectivity index (χ2v) is 8.58. The van der Waals surface area contributed by atoms with Gasteiger partial charge in [-0.15, -0.1) is 0 Å². The minimum Gasteiger partial charge on any atom is -0.399 e. The molecular weight excluding hydrogens is 300 g/mol. The zero-order chi connectivity index (χ0) is 16.2. The minimum atomic E-state index is -4.23. The molecule has 0 saturated carbocycles. The first kappa shape index (κ1) is 16.2. The first-order valence-electron chi connectivity index (χ1n) is 6.55. The zero-order valence-electron chi connectivity index (χ0n) is 12.4. The van der Waals surface area contributed by atoms with Gasteiger partial charge < -0.3 is 10.5 Å². The van der Waals surface area contributed by atoms with Crippen molar-refractivity contribution in [2.24, 2.45) is 0 Å². The molecule has 4 nitrogen and oxygen atoms in total. The summed E-state index contributed by atoms with van der Waals surface area (Å²) in [6.07, 6.45) is 0.158.